The standard InChI is InChI=1S/C15H9N5/c16-10-13(12-4-6-14(19-17)7-5-12)8-11-2-1-3-15(9-11)20-18/h1-9H/q+2. The van der Waals surface area contributed by atoms with Gasteiger partial charge in [-0.1, -0.05) is 12.1 Å². The van der Waals surface area contributed by atoms with Crippen molar-refractivity contribution in [2.75, 3.05) is 0 Å². The average Bonchev–Trinajstić information content (AvgIpc) is 2.53. The normalized spacial score (nSPS) is 10.2. The summed E-state index contributed by atoms with van der Waals surface area (Å²) in [4.78, 5) is 6.17. The van der Waals surface area contributed by atoms with Crippen LogP contribution in [-0.4, -0.2) is 0 Å². The minimum Gasteiger partial charge on any atom is -0.192 e. The molecule has 5 heteroatoms. The molecular weight excluding hydrogens is 250 g/mol. The van der Waals surface area contributed by atoms with Crippen molar-refractivity contribution in [3.05, 3.63) is 69.6 Å². The molecule has 0 heterocycles. The molecule has 0 fully saturated rings. The van der Waals surface area contributed by atoms with E-state index in [0.29, 0.717) is 22.5 Å². The fraction of sp³-hybridized carbons (Fsp3) is 0. The smallest absolute Gasteiger partial charge is 0.192 e. The molecule has 5 nitrogen and oxygen atoms in total. The zero-order chi connectivity index (χ0) is 14.4. The lowest BCUT2D eigenvalue weighted by Gasteiger charge is -1.97. The molecule has 0 unspecified atom stereocenters. The van der Waals surface area contributed by atoms with Gasteiger partial charge in [-0.25, -0.2) is 0 Å². The third kappa shape index (κ3) is 2.85. The summed E-state index contributed by atoms with van der Waals surface area (Å²) in [5, 5.41) is 26.6. The van der Waals surface area contributed by atoms with Gasteiger partial charge in [0.05, 0.1) is 11.6 Å². The van der Waals surface area contributed by atoms with Crippen LogP contribution in [0.3, 0.4) is 0 Å². The Labute approximate surface area is 115 Å². The lowest BCUT2D eigenvalue weighted by molar-refractivity contribution is 1.46. The molecule has 0 aliphatic carbocycles. The first-order valence-corrected chi connectivity index (χ1v) is 5.79. The zero-order valence-corrected chi connectivity index (χ0v) is 10.4. The van der Waals surface area contributed by atoms with Gasteiger partial charge in [-0.15, -0.1) is 0 Å². The van der Waals surface area contributed by atoms with Crippen molar-refractivity contribution in [3.63, 3.8) is 0 Å². The number of hydrogen-bond acceptors (Lipinski definition) is 3. The number of nitrogens with zero attached hydrogens (tertiary/aromatic N) is 5. The number of nitriles is 1. The van der Waals surface area contributed by atoms with Gasteiger partial charge in [-0.05, 0) is 29.3 Å². The third-order valence-electron chi connectivity index (χ3n) is 2.71. The van der Waals surface area contributed by atoms with E-state index in [-0.39, 0.29) is 0 Å². The molecule has 2 aromatic carbocycles. The molecule has 0 atom stereocenters. The summed E-state index contributed by atoms with van der Waals surface area (Å²) in [6.45, 7) is 0. The first kappa shape index (κ1) is 13.0. The van der Waals surface area contributed by atoms with Crippen molar-refractivity contribution >= 4 is 23.0 Å². The molecule has 0 saturated heterocycles. The number of rotatable bonds is 2. The van der Waals surface area contributed by atoms with Crippen molar-refractivity contribution in [1.29, 1.82) is 16.0 Å². The van der Waals surface area contributed by atoms with E-state index in [0.717, 1.165) is 5.56 Å². The maximum Gasteiger partial charge on any atom is 0.385 e. The highest BCUT2D eigenvalue weighted by Crippen LogP contribution is 2.22. The van der Waals surface area contributed by atoms with Crippen LogP contribution in [-0.2, 0) is 0 Å². The number of hydrogen-bond donors (Lipinski definition) is 0. The lowest BCUT2D eigenvalue weighted by atomic mass is 10.0. The highest BCUT2D eigenvalue weighted by molar-refractivity contribution is 5.90. The summed E-state index contributed by atoms with van der Waals surface area (Å²) in [6, 6.07) is 15.6. The van der Waals surface area contributed by atoms with Gasteiger partial charge >= 0.3 is 11.4 Å². The average molecular weight is 259 g/mol. The van der Waals surface area contributed by atoms with Crippen molar-refractivity contribution in [1.82, 2.24) is 0 Å². The van der Waals surface area contributed by atoms with Gasteiger partial charge in [0.25, 0.3) is 0 Å². The summed E-state index contributed by atoms with van der Waals surface area (Å²) in [7, 11) is 0. The molecule has 0 saturated carbocycles. The molecule has 0 aromatic heterocycles. The predicted molar refractivity (Wildman–Crippen MR) is 75.9 cm³/mol. The molecule has 2 aromatic rings. The quantitative estimate of drug-likeness (QED) is 0.444. The molecule has 92 valence electrons. The van der Waals surface area contributed by atoms with Crippen molar-refractivity contribution in [3.8, 4) is 6.07 Å². The summed E-state index contributed by atoms with van der Waals surface area (Å²) >= 11 is 0. The Hall–Kier alpha value is -3.49. The van der Waals surface area contributed by atoms with E-state index in [1.165, 1.54) is 0 Å². The highest BCUT2D eigenvalue weighted by atomic mass is 14.8. The number of benzene rings is 2. The Morgan fingerprint density at radius 3 is 2.25 bits per heavy atom. The summed E-state index contributed by atoms with van der Waals surface area (Å²) in [5.41, 5.74) is 2.78. The molecule has 0 aliphatic heterocycles. The molecule has 0 aliphatic rings. The van der Waals surface area contributed by atoms with Gasteiger partial charge in [0.1, 0.15) is 0 Å². The first-order chi connectivity index (χ1) is 9.76. The Morgan fingerprint density at radius 1 is 0.950 bits per heavy atom. The molecule has 0 spiro atoms. The second-order valence-corrected chi connectivity index (χ2v) is 4.01. The predicted octanol–water partition coefficient (Wildman–Crippen LogP) is 4.72. The van der Waals surface area contributed by atoms with E-state index in [2.05, 4.69) is 16.0 Å². The Morgan fingerprint density at radius 2 is 1.65 bits per heavy atom. The minimum atomic E-state index is 0.422. The summed E-state index contributed by atoms with van der Waals surface area (Å²) < 4.78 is 0. The fourth-order valence-electron chi connectivity index (χ4n) is 1.73. The Kier molecular flexibility index (Phi) is 3.83. The van der Waals surface area contributed by atoms with E-state index < -0.39 is 0 Å². The third-order valence-corrected chi connectivity index (χ3v) is 2.71. The van der Waals surface area contributed by atoms with Crippen molar-refractivity contribution in [2.24, 2.45) is 0 Å². The van der Waals surface area contributed by atoms with E-state index in [4.69, 9.17) is 10.8 Å². The maximum absolute atomic E-state index is 9.23. The SMILES string of the molecule is N#CC(=Cc1cccc([N+]#N)c1)c1ccc([N+]#N)cc1. The molecule has 2 rings (SSSR count). The van der Waals surface area contributed by atoms with Crippen LogP contribution >= 0.6 is 0 Å². The van der Waals surface area contributed by atoms with Gasteiger partial charge in [0.2, 0.25) is 10.8 Å². The lowest BCUT2D eigenvalue weighted by Crippen LogP contribution is -1.81. The monoisotopic (exact) mass is 259 g/mol. The van der Waals surface area contributed by atoms with E-state index >= 15 is 0 Å². The molecule has 0 N–H and O–H groups in total. The number of allylic oxidation sites excluding steroid dienone is 1. The molecule has 0 amide bonds. The van der Waals surface area contributed by atoms with E-state index in [1.54, 1.807) is 48.5 Å². The van der Waals surface area contributed by atoms with Crippen LogP contribution in [0.25, 0.3) is 21.6 Å². The van der Waals surface area contributed by atoms with Crippen LogP contribution in [0, 0.1) is 22.1 Å². The summed E-state index contributed by atoms with van der Waals surface area (Å²) in [5.74, 6) is 0. The zero-order valence-electron chi connectivity index (χ0n) is 10.4. The van der Waals surface area contributed by atoms with Crippen molar-refractivity contribution in [2.45, 2.75) is 0 Å². The Balaban J connectivity index is 2.41. The Bertz CT molecular complexity index is 783. The topological polar surface area (TPSA) is 80.1 Å². The molecular formula is C15H9N5+2. The van der Waals surface area contributed by atoms with E-state index in [9.17, 15) is 5.26 Å². The summed E-state index contributed by atoms with van der Waals surface area (Å²) in [6.07, 6.45) is 1.69. The van der Waals surface area contributed by atoms with Gasteiger partial charge in [-0.3, -0.25) is 0 Å². The highest BCUT2D eigenvalue weighted by Gasteiger charge is 2.08. The van der Waals surface area contributed by atoms with Crippen LogP contribution < -0.4 is 0 Å². The van der Waals surface area contributed by atoms with E-state index in [1.807, 2.05) is 6.07 Å². The van der Waals surface area contributed by atoms with Crippen molar-refractivity contribution < 1.29 is 0 Å². The van der Waals surface area contributed by atoms with Crippen LogP contribution in [0.2, 0.25) is 0 Å². The van der Waals surface area contributed by atoms with Gasteiger partial charge in [0, 0.05) is 24.3 Å². The largest absolute Gasteiger partial charge is 0.385 e. The van der Waals surface area contributed by atoms with Crippen LogP contribution in [0.1, 0.15) is 11.1 Å². The van der Waals surface area contributed by atoms with Crippen LogP contribution in [0.5, 0.6) is 0 Å². The van der Waals surface area contributed by atoms with Crippen LogP contribution in [0.4, 0.5) is 11.4 Å². The first-order valence-electron chi connectivity index (χ1n) is 5.79. The fourth-order valence-corrected chi connectivity index (χ4v) is 1.73. The number of diazo groups is 2. The maximum atomic E-state index is 9.23. The molecule has 0 radical (unpaired) electrons. The molecule has 20 heavy (non-hydrogen) atoms. The van der Waals surface area contributed by atoms with Gasteiger partial charge in [-0.2, -0.15) is 5.26 Å². The second-order valence-electron chi connectivity index (χ2n) is 4.01. The van der Waals surface area contributed by atoms with Crippen LogP contribution in [0.15, 0.2) is 48.5 Å². The molecule has 0 bridgehead atoms. The minimum absolute atomic E-state index is 0.422. The second kappa shape index (κ2) is 5.91. The van der Waals surface area contributed by atoms with Gasteiger partial charge < -0.3 is 0 Å². The van der Waals surface area contributed by atoms with Gasteiger partial charge in [0.15, 0.2) is 9.95 Å².